The van der Waals surface area contributed by atoms with Crippen molar-refractivity contribution >= 4 is 28.6 Å². The van der Waals surface area contributed by atoms with Gasteiger partial charge in [-0.05, 0) is 23.8 Å². The molecule has 1 fully saturated rings. The number of carbonyl (C=O) groups excluding carboxylic acids is 1. The van der Waals surface area contributed by atoms with Crippen LogP contribution < -0.4 is 10.2 Å². The predicted molar refractivity (Wildman–Crippen MR) is 137 cm³/mol. The highest BCUT2D eigenvalue weighted by Gasteiger charge is 2.18. The van der Waals surface area contributed by atoms with E-state index in [0.717, 1.165) is 58.1 Å². The monoisotopic (exact) mass is 480 g/mol. The second-order valence-electron chi connectivity index (χ2n) is 8.55. The fraction of sp³-hybridized carbons (Fsp3) is 0.192. The van der Waals surface area contributed by atoms with Crippen LogP contribution in [0.3, 0.4) is 0 Å². The number of H-pyrrole nitrogens is 2. The number of ether oxygens (including phenoxy) is 1. The zero-order valence-corrected chi connectivity index (χ0v) is 19.4. The summed E-state index contributed by atoms with van der Waals surface area (Å²) in [6, 6.07) is 15.3. The number of hydrogen-bond acceptors (Lipinski definition) is 7. The molecule has 0 spiro atoms. The minimum Gasteiger partial charge on any atom is -0.378 e. The zero-order valence-electron chi connectivity index (χ0n) is 19.4. The Kier molecular flexibility index (Phi) is 5.84. The summed E-state index contributed by atoms with van der Waals surface area (Å²) in [4.78, 5) is 31.7. The second kappa shape index (κ2) is 9.59. The molecular weight excluding hydrogens is 456 g/mol. The van der Waals surface area contributed by atoms with Crippen LogP contribution in [0.25, 0.3) is 33.7 Å². The first-order valence-electron chi connectivity index (χ1n) is 11.8. The van der Waals surface area contributed by atoms with Crippen LogP contribution in [0.15, 0.2) is 67.1 Å². The van der Waals surface area contributed by atoms with Crippen LogP contribution in [0.1, 0.15) is 5.56 Å². The average molecular weight is 481 g/mol. The molecule has 0 radical (unpaired) electrons. The summed E-state index contributed by atoms with van der Waals surface area (Å²) in [6.45, 7) is 2.98. The van der Waals surface area contributed by atoms with Gasteiger partial charge in [-0.15, -0.1) is 0 Å². The van der Waals surface area contributed by atoms with E-state index in [2.05, 4.69) is 35.4 Å². The first kappa shape index (κ1) is 21.9. The molecule has 10 heteroatoms. The van der Waals surface area contributed by atoms with Crippen LogP contribution in [0, 0.1) is 0 Å². The topological polar surface area (TPSA) is 125 Å². The average Bonchev–Trinajstić information content (AvgIpc) is 3.57. The maximum absolute atomic E-state index is 12.6. The molecule has 5 aromatic rings. The van der Waals surface area contributed by atoms with Crippen molar-refractivity contribution < 1.29 is 9.53 Å². The Balaban J connectivity index is 1.14. The Morgan fingerprint density at radius 1 is 1.06 bits per heavy atom. The summed E-state index contributed by atoms with van der Waals surface area (Å²) in [5.41, 5.74) is 5.32. The third-order valence-corrected chi connectivity index (χ3v) is 6.10. The second-order valence-corrected chi connectivity index (χ2v) is 8.55. The van der Waals surface area contributed by atoms with Crippen LogP contribution in [0.4, 0.5) is 11.6 Å². The number of nitrogens with zero attached hydrogens (tertiary/aromatic N) is 5. The highest BCUT2D eigenvalue weighted by molar-refractivity contribution is 5.92. The van der Waals surface area contributed by atoms with Gasteiger partial charge in [-0.25, -0.2) is 9.97 Å². The highest BCUT2D eigenvalue weighted by atomic mass is 16.5. The molecule has 1 aliphatic rings. The van der Waals surface area contributed by atoms with Crippen LogP contribution in [-0.2, 0) is 16.0 Å². The van der Waals surface area contributed by atoms with Crippen molar-refractivity contribution in [3.8, 4) is 22.6 Å². The summed E-state index contributed by atoms with van der Waals surface area (Å²) in [5, 5.41) is 9.94. The van der Waals surface area contributed by atoms with Crippen molar-refractivity contribution in [2.24, 2.45) is 0 Å². The molecule has 5 heterocycles. The summed E-state index contributed by atoms with van der Waals surface area (Å²) >= 11 is 0. The van der Waals surface area contributed by atoms with Crippen molar-refractivity contribution in [1.29, 1.82) is 0 Å². The molecule has 1 saturated heterocycles. The van der Waals surface area contributed by atoms with Crippen molar-refractivity contribution in [3.05, 3.63) is 72.7 Å². The normalized spacial score (nSPS) is 13.7. The Hall–Kier alpha value is -4.57. The van der Waals surface area contributed by atoms with Crippen LogP contribution in [-0.4, -0.2) is 62.3 Å². The molecule has 10 nitrogen and oxygen atoms in total. The number of morpholine rings is 1. The number of amides is 1. The molecule has 4 aromatic heterocycles. The minimum absolute atomic E-state index is 0.142. The number of anilines is 2. The molecule has 6 rings (SSSR count). The molecule has 1 aliphatic heterocycles. The number of pyridine rings is 2. The van der Waals surface area contributed by atoms with Gasteiger partial charge < -0.3 is 19.9 Å². The Labute approximate surface area is 206 Å². The highest BCUT2D eigenvalue weighted by Crippen LogP contribution is 2.27. The predicted octanol–water partition coefficient (Wildman–Crippen LogP) is 3.43. The van der Waals surface area contributed by atoms with Crippen molar-refractivity contribution in [1.82, 2.24) is 30.1 Å². The van der Waals surface area contributed by atoms with Crippen molar-refractivity contribution in [3.63, 3.8) is 0 Å². The molecule has 3 N–H and O–H groups in total. The number of aromatic amines is 2. The summed E-state index contributed by atoms with van der Waals surface area (Å²) in [5.74, 6) is 1.97. The number of benzene rings is 1. The lowest BCUT2D eigenvalue weighted by Gasteiger charge is -2.27. The van der Waals surface area contributed by atoms with E-state index >= 15 is 0 Å². The van der Waals surface area contributed by atoms with E-state index in [9.17, 15) is 4.79 Å². The number of nitrogens with one attached hydrogen (secondary N) is 3. The van der Waals surface area contributed by atoms with Gasteiger partial charge in [-0.3, -0.25) is 14.9 Å². The molecule has 1 amide bonds. The summed E-state index contributed by atoms with van der Waals surface area (Å²) < 4.78 is 5.47. The summed E-state index contributed by atoms with van der Waals surface area (Å²) in [6.07, 6.45) is 5.49. The number of rotatable bonds is 6. The first-order chi connectivity index (χ1) is 17.7. The molecular formula is C26H24N8O2. The molecule has 1 aromatic carbocycles. The fourth-order valence-corrected chi connectivity index (χ4v) is 4.27. The van der Waals surface area contributed by atoms with E-state index < -0.39 is 0 Å². The molecule has 0 aliphatic carbocycles. The molecule has 36 heavy (non-hydrogen) atoms. The number of imidazole rings is 1. The number of fused-ring (bicyclic) bond motifs is 1. The Bertz CT molecular complexity index is 1490. The molecule has 0 bridgehead atoms. The molecule has 0 atom stereocenters. The van der Waals surface area contributed by atoms with Crippen LogP contribution in [0.5, 0.6) is 0 Å². The SMILES string of the molecule is O=C(Cc1ccc(-c2nc3c(N4CCOCC4)nccc3[nH]2)cc1)Nc1cc(-c2cccnc2)[nH]n1. The van der Waals surface area contributed by atoms with Crippen molar-refractivity contribution in [2.45, 2.75) is 6.42 Å². The standard InChI is InChI=1S/C26H24N8O2/c35-23(30-22-15-21(32-33-22)19-2-1-8-27-16-19)14-17-3-5-18(6-4-17)25-29-20-7-9-28-26(24(20)31-25)34-10-12-36-13-11-34/h1-9,15-16H,10-14H2,(H,29,31)(H2,30,32,33,35). The molecule has 0 saturated carbocycles. The maximum Gasteiger partial charge on any atom is 0.229 e. The Morgan fingerprint density at radius 2 is 1.92 bits per heavy atom. The van der Waals surface area contributed by atoms with Crippen LogP contribution >= 0.6 is 0 Å². The van der Waals surface area contributed by atoms with E-state index in [1.165, 1.54) is 0 Å². The van der Waals surface area contributed by atoms with E-state index in [0.29, 0.717) is 19.0 Å². The van der Waals surface area contributed by atoms with E-state index in [1.54, 1.807) is 24.7 Å². The molecule has 0 unspecified atom stereocenters. The van der Waals surface area contributed by atoms with E-state index in [-0.39, 0.29) is 12.3 Å². The maximum atomic E-state index is 12.6. The number of hydrogen-bond donors (Lipinski definition) is 3. The largest absolute Gasteiger partial charge is 0.378 e. The fourth-order valence-electron chi connectivity index (χ4n) is 4.27. The van der Waals surface area contributed by atoms with Crippen LogP contribution in [0.2, 0.25) is 0 Å². The van der Waals surface area contributed by atoms with E-state index in [1.807, 2.05) is 42.5 Å². The first-order valence-corrected chi connectivity index (χ1v) is 11.8. The van der Waals surface area contributed by atoms with E-state index in [4.69, 9.17) is 9.72 Å². The minimum atomic E-state index is -0.142. The van der Waals surface area contributed by atoms with Gasteiger partial charge in [0.1, 0.15) is 11.3 Å². The third kappa shape index (κ3) is 4.53. The van der Waals surface area contributed by atoms with Gasteiger partial charge in [0.2, 0.25) is 5.91 Å². The third-order valence-electron chi connectivity index (χ3n) is 6.10. The van der Waals surface area contributed by atoms with Gasteiger partial charge in [-0.1, -0.05) is 24.3 Å². The molecule has 180 valence electrons. The van der Waals surface area contributed by atoms with Gasteiger partial charge in [0.05, 0.1) is 30.8 Å². The van der Waals surface area contributed by atoms with Gasteiger partial charge in [-0.2, -0.15) is 5.10 Å². The Morgan fingerprint density at radius 3 is 2.72 bits per heavy atom. The summed E-state index contributed by atoms with van der Waals surface area (Å²) in [7, 11) is 0. The number of carbonyl (C=O) groups is 1. The lowest BCUT2D eigenvalue weighted by Crippen LogP contribution is -2.36. The van der Waals surface area contributed by atoms with Gasteiger partial charge >= 0.3 is 0 Å². The smallest absolute Gasteiger partial charge is 0.229 e. The van der Waals surface area contributed by atoms with Gasteiger partial charge in [0.25, 0.3) is 0 Å². The lowest BCUT2D eigenvalue weighted by atomic mass is 10.1. The van der Waals surface area contributed by atoms with Crippen molar-refractivity contribution in [2.75, 3.05) is 36.5 Å². The zero-order chi connectivity index (χ0) is 24.3. The van der Waals surface area contributed by atoms with Gasteiger partial charge in [0.15, 0.2) is 11.6 Å². The van der Waals surface area contributed by atoms with Gasteiger partial charge in [0, 0.05) is 48.9 Å². The quantitative estimate of drug-likeness (QED) is 0.340. The lowest BCUT2D eigenvalue weighted by molar-refractivity contribution is -0.115. The number of aromatic nitrogens is 6.